The third-order valence-electron chi connectivity index (χ3n) is 8.48. The van der Waals surface area contributed by atoms with E-state index in [9.17, 15) is 0 Å². The zero-order valence-corrected chi connectivity index (χ0v) is 28.1. The number of rotatable bonds is 5. The van der Waals surface area contributed by atoms with E-state index in [2.05, 4.69) is 144 Å². The van der Waals surface area contributed by atoms with Gasteiger partial charge in [0.15, 0.2) is 0 Å². The maximum Gasteiger partial charge on any atom is 2.00 e. The first-order valence-corrected chi connectivity index (χ1v) is 15.3. The largest absolute Gasteiger partial charge is 2.00 e. The van der Waals surface area contributed by atoms with Crippen molar-refractivity contribution in [2.45, 2.75) is 26.2 Å². The van der Waals surface area contributed by atoms with Crippen LogP contribution < -0.4 is 14.5 Å². The number of hydrogen-bond acceptors (Lipinski definition) is 4. The minimum atomic E-state index is 0. The van der Waals surface area contributed by atoms with Gasteiger partial charge in [-0.3, -0.25) is 0 Å². The zero-order chi connectivity index (χ0) is 30.5. The van der Waals surface area contributed by atoms with Gasteiger partial charge in [-0.15, -0.1) is 35.7 Å². The number of nitrogens with zero attached hydrogens (tertiary/aromatic N) is 4. The first kappa shape index (κ1) is 29.8. The molecule has 228 valence electrons. The summed E-state index contributed by atoms with van der Waals surface area (Å²) in [4.78, 5) is 9.39. The molecule has 0 spiro atoms. The predicted octanol–water partition coefficient (Wildman–Crippen LogP) is 10.1. The Morgan fingerprint density at radius 1 is 0.674 bits per heavy atom. The van der Waals surface area contributed by atoms with Crippen molar-refractivity contribution in [3.05, 3.63) is 145 Å². The van der Waals surface area contributed by atoms with E-state index in [1.54, 1.807) is 0 Å². The number of fused-ring (bicyclic) bond motifs is 4. The van der Waals surface area contributed by atoms with Gasteiger partial charge in [0.05, 0.1) is 18.0 Å². The van der Waals surface area contributed by atoms with E-state index in [-0.39, 0.29) is 26.5 Å². The van der Waals surface area contributed by atoms with Crippen molar-refractivity contribution in [2.75, 3.05) is 16.5 Å². The zero-order valence-electron chi connectivity index (χ0n) is 25.8. The molecule has 2 aromatic heterocycles. The summed E-state index contributed by atoms with van der Waals surface area (Å²) in [5, 5.41) is 2.26. The molecule has 1 aliphatic rings. The minimum Gasteiger partial charge on any atom is -0.509 e. The molecule has 5 nitrogen and oxygen atoms in total. The van der Waals surface area contributed by atoms with Crippen LogP contribution in [-0.4, -0.2) is 16.2 Å². The van der Waals surface area contributed by atoms with E-state index in [4.69, 9.17) is 9.72 Å². The van der Waals surface area contributed by atoms with Crippen molar-refractivity contribution in [1.29, 1.82) is 0 Å². The molecule has 0 radical (unpaired) electrons. The van der Waals surface area contributed by atoms with Crippen molar-refractivity contribution < 1.29 is 25.8 Å². The molecule has 7 aromatic rings. The fraction of sp³-hybridized carbons (Fsp3) is 0.125. The molecule has 0 bridgehead atoms. The van der Waals surface area contributed by atoms with Crippen molar-refractivity contribution in [2.24, 2.45) is 0 Å². The summed E-state index contributed by atoms with van der Waals surface area (Å²) in [7, 11) is 0. The summed E-state index contributed by atoms with van der Waals surface area (Å²) < 4.78 is 8.65. The van der Waals surface area contributed by atoms with Gasteiger partial charge in [-0.25, -0.2) is 4.98 Å². The summed E-state index contributed by atoms with van der Waals surface area (Å²) in [5.74, 6) is 2.13. The van der Waals surface area contributed by atoms with Gasteiger partial charge < -0.3 is 19.1 Å². The molecule has 8 rings (SSSR count). The van der Waals surface area contributed by atoms with Crippen LogP contribution in [0.15, 0.2) is 128 Å². The molecule has 0 fully saturated rings. The van der Waals surface area contributed by atoms with Crippen LogP contribution in [0.4, 0.5) is 22.7 Å². The second-order valence-corrected chi connectivity index (χ2v) is 12.4. The van der Waals surface area contributed by atoms with Crippen molar-refractivity contribution in [1.82, 2.24) is 9.55 Å². The standard InChI is InChI=1S/C40H32N4O.Pt/c1-40(2,3)28-22-23-41-39(24-28)44-35-17-8-7-16-33(35)34-21-20-32(26-38(34)44)45-31-15-11-14-30(25-31)43-27-42(29-12-5-4-6-13-29)36-18-9-10-19-37(36)43;/h4-24H,27H2,1-3H3;/q-2;+2. The van der Waals surface area contributed by atoms with Gasteiger partial charge in [0.2, 0.25) is 0 Å². The predicted molar refractivity (Wildman–Crippen MR) is 183 cm³/mol. The Morgan fingerprint density at radius 2 is 1.39 bits per heavy atom. The van der Waals surface area contributed by atoms with Crippen molar-refractivity contribution in [3.63, 3.8) is 0 Å². The minimum absolute atomic E-state index is 0. The Labute approximate surface area is 284 Å². The van der Waals surface area contributed by atoms with Gasteiger partial charge in [-0.1, -0.05) is 80.5 Å². The summed E-state index contributed by atoms with van der Waals surface area (Å²) >= 11 is 0. The quantitative estimate of drug-likeness (QED) is 0.163. The molecule has 0 amide bonds. The van der Waals surface area contributed by atoms with E-state index in [0.717, 1.165) is 44.7 Å². The maximum atomic E-state index is 6.47. The second kappa shape index (κ2) is 11.8. The van der Waals surface area contributed by atoms with Crippen LogP contribution in [-0.2, 0) is 26.5 Å². The number of aromatic nitrogens is 2. The van der Waals surface area contributed by atoms with Crippen molar-refractivity contribution in [3.8, 4) is 17.3 Å². The Kier molecular flexibility index (Phi) is 7.66. The number of benzene rings is 5. The SMILES string of the molecule is CC(C)(C)c1ccnc(-n2c3[c-]c(Oc4[c-]c(N5CN(c6ccccc6)c6ccccc65)ccc4)ccc3c3ccccc32)c1.[Pt+2]. The molecular weight excluding hydrogens is 748 g/mol. The molecule has 0 aliphatic carbocycles. The van der Waals surface area contributed by atoms with Crippen LogP contribution in [0.3, 0.4) is 0 Å². The molecule has 0 saturated heterocycles. The number of pyridine rings is 1. The summed E-state index contributed by atoms with van der Waals surface area (Å²) in [6.45, 7) is 7.35. The third-order valence-corrected chi connectivity index (χ3v) is 8.48. The summed E-state index contributed by atoms with van der Waals surface area (Å²) in [6, 6.07) is 48.9. The monoisotopic (exact) mass is 779 g/mol. The fourth-order valence-corrected chi connectivity index (χ4v) is 6.20. The molecule has 0 atom stereocenters. The molecule has 0 N–H and O–H groups in total. The third kappa shape index (κ3) is 5.25. The van der Waals surface area contributed by atoms with Crippen molar-refractivity contribution >= 4 is 44.6 Å². The first-order chi connectivity index (χ1) is 21.9. The Hall–Kier alpha value is -4.86. The average Bonchev–Trinajstić information content (AvgIpc) is 3.61. The Bertz CT molecular complexity index is 2180. The van der Waals surface area contributed by atoms with Gasteiger partial charge in [0.1, 0.15) is 5.82 Å². The number of ether oxygens (including phenoxy) is 1. The van der Waals surface area contributed by atoms with E-state index in [1.165, 1.54) is 11.3 Å². The van der Waals surface area contributed by atoms with Gasteiger partial charge in [-0.05, 0) is 58.8 Å². The van der Waals surface area contributed by atoms with Crippen LogP contribution in [0, 0.1) is 12.1 Å². The summed E-state index contributed by atoms with van der Waals surface area (Å²) in [6.07, 6.45) is 1.90. The normalized spacial score (nSPS) is 12.8. The molecule has 1 aliphatic heterocycles. The van der Waals surface area contributed by atoms with E-state index in [1.807, 2.05) is 30.5 Å². The maximum absolute atomic E-state index is 6.47. The molecular formula is C40H32N4OPt. The molecule has 0 unspecified atom stereocenters. The average molecular weight is 780 g/mol. The Balaban J connectivity index is 0.00000338. The molecule has 46 heavy (non-hydrogen) atoms. The molecule has 0 saturated carbocycles. The molecule has 6 heteroatoms. The second-order valence-electron chi connectivity index (χ2n) is 12.4. The van der Waals surface area contributed by atoms with Gasteiger partial charge in [0, 0.05) is 28.9 Å². The van der Waals surface area contributed by atoms with Crippen LogP contribution in [0.5, 0.6) is 11.5 Å². The number of hydrogen-bond donors (Lipinski definition) is 0. The van der Waals surface area contributed by atoms with Gasteiger partial charge >= 0.3 is 21.1 Å². The van der Waals surface area contributed by atoms with E-state index >= 15 is 0 Å². The van der Waals surface area contributed by atoms with E-state index in [0.29, 0.717) is 18.2 Å². The molecule has 5 aromatic carbocycles. The number of para-hydroxylation sites is 4. The summed E-state index contributed by atoms with van der Waals surface area (Å²) in [5.41, 5.74) is 7.64. The topological polar surface area (TPSA) is 33.5 Å². The van der Waals surface area contributed by atoms with Crippen LogP contribution in [0.25, 0.3) is 27.6 Å². The number of anilines is 4. The Morgan fingerprint density at radius 3 is 2.20 bits per heavy atom. The van der Waals surface area contributed by atoms with Gasteiger partial charge in [0.25, 0.3) is 0 Å². The van der Waals surface area contributed by atoms with Crippen LogP contribution in [0.1, 0.15) is 26.3 Å². The smallest absolute Gasteiger partial charge is 0.509 e. The molecule has 3 heterocycles. The van der Waals surface area contributed by atoms with E-state index < -0.39 is 0 Å². The van der Waals surface area contributed by atoms with Gasteiger partial charge in [-0.2, -0.15) is 12.1 Å². The first-order valence-electron chi connectivity index (χ1n) is 15.3. The van der Waals surface area contributed by atoms with Crippen LogP contribution >= 0.6 is 0 Å². The van der Waals surface area contributed by atoms with Crippen LogP contribution in [0.2, 0.25) is 0 Å². The fourth-order valence-electron chi connectivity index (χ4n) is 6.20.